The number of aryl methyl sites for hydroxylation is 2. The molecule has 2 fully saturated rings. The zero-order chi connectivity index (χ0) is 20.8. The van der Waals surface area contributed by atoms with Gasteiger partial charge < -0.3 is 10.3 Å². The van der Waals surface area contributed by atoms with Crippen LogP contribution in [0.3, 0.4) is 0 Å². The molecule has 0 radical (unpaired) electrons. The van der Waals surface area contributed by atoms with Crippen LogP contribution in [0.25, 0.3) is 11.0 Å². The number of hydrogen-bond acceptors (Lipinski definition) is 3. The van der Waals surface area contributed by atoms with Gasteiger partial charge in [-0.25, -0.2) is 4.98 Å². The lowest BCUT2D eigenvalue weighted by Gasteiger charge is -2.44. The molecule has 2 aliphatic rings. The van der Waals surface area contributed by atoms with Crippen LogP contribution in [0, 0.1) is 19.8 Å². The number of imidazole rings is 1. The molecule has 2 N–H and O–H groups in total. The lowest BCUT2D eigenvalue weighted by molar-refractivity contribution is -0.123. The third-order valence-corrected chi connectivity index (χ3v) is 7.69. The summed E-state index contributed by atoms with van der Waals surface area (Å²) in [6, 6.07) is 5.00. The summed E-state index contributed by atoms with van der Waals surface area (Å²) in [5.74, 6) is 1.15. The fourth-order valence-corrected chi connectivity index (χ4v) is 5.54. The van der Waals surface area contributed by atoms with Crippen LogP contribution in [0.1, 0.15) is 81.8 Å². The van der Waals surface area contributed by atoms with Crippen molar-refractivity contribution >= 4 is 16.9 Å². The SMILES string of the molecule is CCC(C)n1c(C2(N3CCC(C(N)=O)CC3)CCCC2)nc2cc(C)c(C)cc21. The molecule has 1 aliphatic heterocycles. The zero-order valence-electron chi connectivity index (χ0n) is 18.5. The lowest BCUT2D eigenvalue weighted by atomic mass is 9.87. The maximum atomic E-state index is 11.7. The summed E-state index contributed by atoms with van der Waals surface area (Å²) in [5.41, 5.74) is 10.6. The third-order valence-electron chi connectivity index (χ3n) is 7.69. The van der Waals surface area contributed by atoms with Gasteiger partial charge in [0.05, 0.1) is 16.6 Å². The van der Waals surface area contributed by atoms with Crippen molar-refractivity contribution in [3.8, 4) is 0 Å². The van der Waals surface area contributed by atoms with Crippen molar-refractivity contribution < 1.29 is 4.79 Å². The molecule has 1 saturated carbocycles. The van der Waals surface area contributed by atoms with E-state index in [-0.39, 0.29) is 17.4 Å². The molecule has 1 unspecified atom stereocenters. The van der Waals surface area contributed by atoms with E-state index in [2.05, 4.69) is 49.3 Å². The smallest absolute Gasteiger partial charge is 0.220 e. The number of piperidine rings is 1. The van der Waals surface area contributed by atoms with Gasteiger partial charge in [-0.1, -0.05) is 19.8 Å². The van der Waals surface area contributed by atoms with Gasteiger partial charge >= 0.3 is 0 Å². The number of amides is 1. The molecule has 4 rings (SSSR count). The minimum atomic E-state index is -0.136. The van der Waals surface area contributed by atoms with Crippen LogP contribution in [0.5, 0.6) is 0 Å². The number of carbonyl (C=O) groups is 1. The first-order valence-corrected chi connectivity index (χ1v) is 11.4. The van der Waals surface area contributed by atoms with Gasteiger partial charge in [-0.2, -0.15) is 0 Å². The van der Waals surface area contributed by atoms with E-state index in [0.717, 1.165) is 50.7 Å². The highest BCUT2D eigenvalue weighted by molar-refractivity contribution is 5.79. The largest absolute Gasteiger partial charge is 0.369 e. The highest BCUT2D eigenvalue weighted by Crippen LogP contribution is 2.47. The molecule has 0 bridgehead atoms. The summed E-state index contributed by atoms with van der Waals surface area (Å²) < 4.78 is 2.53. The second-order valence-corrected chi connectivity index (χ2v) is 9.39. The van der Waals surface area contributed by atoms with E-state index in [1.54, 1.807) is 0 Å². The van der Waals surface area contributed by atoms with Gasteiger partial charge in [0, 0.05) is 12.0 Å². The molecule has 5 heteroatoms. The number of fused-ring (bicyclic) bond motifs is 1. The van der Waals surface area contributed by atoms with Crippen LogP contribution in [-0.4, -0.2) is 33.4 Å². The second kappa shape index (κ2) is 7.75. The summed E-state index contributed by atoms with van der Waals surface area (Å²) in [6.45, 7) is 10.8. The Kier molecular flexibility index (Phi) is 5.45. The first-order valence-electron chi connectivity index (χ1n) is 11.4. The molecule has 1 aromatic carbocycles. The highest BCUT2D eigenvalue weighted by Gasteiger charge is 2.46. The van der Waals surface area contributed by atoms with E-state index >= 15 is 0 Å². The first kappa shape index (κ1) is 20.4. The van der Waals surface area contributed by atoms with Gasteiger partial charge in [-0.15, -0.1) is 0 Å². The topological polar surface area (TPSA) is 64.2 Å². The van der Waals surface area contributed by atoms with Crippen molar-refractivity contribution in [1.82, 2.24) is 14.5 Å². The summed E-state index contributed by atoms with van der Waals surface area (Å²) in [6.07, 6.45) is 7.65. The highest BCUT2D eigenvalue weighted by atomic mass is 16.1. The molecule has 2 heterocycles. The Morgan fingerprint density at radius 3 is 2.41 bits per heavy atom. The van der Waals surface area contributed by atoms with E-state index in [0.29, 0.717) is 6.04 Å². The standard InChI is InChI=1S/C24H36N4O/c1-5-18(4)28-21-15-17(3)16(2)14-20(21)26-23(28)24(10-6-7-11-24)27-12-8-19(9-13-27)22(25)29/h14-15,18-19H,5-13H2,1-4H3,(H2,25,29). The maximum absolute atomic E-state index is 11.7. The van der Waals surface area contributed by atoms with Gasteiger partial charge in [0.2, 0.25) is 5.91 Å². The van der Waals surface area contributed by atoms with Crippen LogP contribution in [0.2, 0.25) is 0 Å². The molecule has 2 aromatic rings. The Balaban J connectivity index is 1.82. The minimum absolute atomic E-state index is 0.00707. The first-order chi connectivity index (χ1) is 13.9. The van der Waals surface area contributed by atoms with E-state index in [4.69, 9.17) is 10.7 Å². The molecule has 1 atom stereocenters. The molecule has 5 nitrogen and oxygen atoms in total. The zero-order valence-corrected chi connectivity index (χ0v) is 18.5. The Morgan fingerprint density at radius 1 is 1.21 bits per heavy atom. The van der Waals surface area contributed by atoms with Crippen molar-refractivity contribution in [1.29, 1.82) is 0 Å². The number of carbonyl (C=O) groups excluding carboxylic acids is 1. The molecule has 0 spiro atoms. The molecular weight excluding hydrogens is 360 g/mol. The maximum Gasteiger partial charge on any atom is 0.220 e. The van der Waals surface area contributed by atoms with E-state index in [1.165, 1.54) is 35.3 Å². The molecular formula is C24H36N4O. The summed E-state index contributed by atoms with van der Waals surface area (Å²) in [5, 5.41) is 0. The van der Waals surface area contributed by atoms with Crippen molar-refractivity contribution in [2.24, 2.45) is 11.7 Å². The number of hydrogen-bond donors (Lipinski definition) is 1. The number of aromatic nitrogens is 2. The quantitative estimate of drug-likeness (QED) is 0.804. The number of rotatable bonds is 5. The van der Waals surface area contributed by atoms with Crippen molar-refractivity contribution in [3.63, 3.8) is 0 Å². The number of likely N-dealkylation sites (tertiary alicyclic amines) is 1. The Labute approximate surface area is 174 Å². The third kappa shape index (κ3) is 3.37. The molecule has 1 amide bonds. The van der Waals surface area contributed by atoms with Crippen LogP contribution < -0.4 is 5.73 Å². The van der Waals surface area contributed by atoms with Gasteiger partial charge in [0.25, 0.3) is 0 Å². The number of nitrogens with two attached hydrogens (primary N) is 1. The van der Waals surface area contributed by atoms with Crippen LogP contribution in [0.15, 0.2) is 12.1 Å². The molecule has 1 aromatic heterocycles. The summed E-state index contributed by atoms with van der Waals surface area (Å²) >= 11 is 0. The van der Waals surface area contributed by atoms with Gasteiger partial charge in [0.1, 0.15) is 5.82 Å². The predicted molar refractivity (Wildman–Crippen MR) is 118 cm³/mol. The monoisotopic (exact) mass is 396 g/mol. The fraction of sp³-hybridized carbons (Fsp3) is 0.667. The van der Waals surface area contributed by atoms with E-state index < -0.39 is 0 Å². The van der Waals surface area contributed by atoms with Gasteiger partial charge in [-0.3, -0.25) is 9.69 Å². The summed E-state index contributed by atoms with van der Waals surface area (Å²) in [7, 11) is 0. The fourth-order valence-electron chi connectivity index (χ4n) is 5.54. The Bertz CT molecular complexity index is 901. The normalized spacial score (nSPS) is 21.7. The Morgan fingerprint density at radius 2 is 1.83 bits per heavy atom. The van der Waals surface area contributed by atoms with Crippen molar-refractivity contribution in [2.45, 2.75) is 84.2 Å². The molecule has 29 heavy (non-hydrogen) atoms. The van der Waals surface area contributed by atoms with Crippen molar-refractivity contribution in [2.75, 3.05) is 13.1 Å². The number of primary amides is 1. The molecule has 158 valence electrons. The summed E-state index contributed by atoms with van der Waals surface area (Å²) in [4.78, 5) is 19.6. The average Bonchev–Trinajstić information content (AvgIpc) is 3.34. The number of nitrogens with zero attached hydrogens (tertiary/aromatic N) is 3. The second-order valence-electron chi connectivity index (χ2n) is 9.39. The van der Waals surface area contributed by atoms with Crippen LogP contribution in [-0.2, 0) is 10.3 Å². The van der Waals surface area contributed by atoms with Gasteiger partial charge in [-0.05, 0) is 89.2 Å². The lowest BCUT2D eigenvalue weighted by Crippen LogP contribution is -2.51. The van der Waals surface area contributed by atoms with Crippen LogP contribution in [0.4, 0.5) is 0 Å². The predicted octanol–water partition coefficient (Wildman–Crippen LogP) is 4.59. The number of benzene rings is 1. The van der Waals surface area contributed by atoms with Crippen LogP contribution >= 0.6 is 0 Å². The minimum Gasteiger partial charge on any atom is -0.369 e. The van der Waals surface area contributed by atoms with E-state index in [1.807, 2.05) is 0 Å². The Hall–Kier alpha value is -1.88. The average molecular weight is 397 g/mol. The molecule has 1 saturated heterocycles. The van der Waals surface area contributed by atoms with Crippen molar-refractivity contribution in [3.05, 3.63) is 29.1 Å². The van der Waals surface area contributed by atoms with E-state index in [9.17, 15) is 4.79 Å². The molecule has 1 aliphatic carbocycles. The van der Waals surface area contributed by atoms with Gasteiger partial charge in [0.15, 0.2) is 0 Å².